The van der Waals surface area contributed by atoms with Crippen LogP contribution >= 0.6 is 0 Å². The summed E-state index contributed by atoms with van der Waals surface area (Å²) >= 11 is 4.81. The van der Waals surface area contributed by atoms with E-state index in [1.807, 2.05) is 60.7 Å². The molecule has 0 aliphatic carbocycles. The molecule has 17 heavy (non-hydrogen) atoms. The molecule has 2 nitrogen and oxygen atoms in total. The van der Waals surface area contributed by atoms with E-state index in [-0.39, 0.29) is 17.1 Å². The smallest absolute Gasteiger partial charge is 0.780 e. The summed E-state index contributed by atoms with van der Waals surface area (Å²) in [7, 11) is 0. The molecule has 0 saturated carbocycles. The molecule has 0 spiro atoms. The van der Waals surface area contributed by atoms with Crippen LogP contribution in [0.3, 0.4) is 0 Å². The largest absolute Gasteiger partial charge is 2.00 e. The topological polar surface area (TPSA) is 39.8 Å². The molecule has 2 aromatic carbocycles. The van der Waals surface area contributed by atoms with Crippen molar-refractivity contribution in [2.75, 3.05) is 0 Å². The zero-order valence-corrected chi connectivity index (χ0v) is 10.8. The molecule has 0 heterocycles. The molecule has 0 aromatic heterocycles. The second-order valence-electron chi connectivity index (χ2n) is 2.28. The minimum Gasteiger partial charge on any atom is -0.780 e. The van der Waals surface area contributed by atoms with Gasteiger partial charge in [-0.3, -0.25) is 0 Å². The van der Waals surface area contributed by atoms with Gasteiger partial charge in [0, 0.05) is 0 Å². The normalized spacial score (nSPS) is 6.12. The molecule has 2 aromatic rings. The average Bonchev–Trinajstić information content (AvgIpc) is 2.94. The third-order valence-corrected chi connectivity index (χ3v) is 1.57. The standard InChI is InChI=1S/C6H6S.C5H5.2CO.Fe/c7-6-4-2-1-3-5-6;1-2-4-5-3-1;2*1-2;/h1-5,7H;1-5H;;;/q;-1;;;+2/p-1. The minimum absolute atomic E-state index is 0. The molecular weight excluding hydrogens is 276 g/mol. The third kappa shape index (κ3) is 17.4. The van der Waals surface area contributed by atoms with Gasteiger partial charge in [-0.2, -0.15) is 23.1 Å². The van der Waals surface area contributed by atoms with Gasteiger partial charge >= 0.3 is 39.7 Å². The maximum Gasteiger partial charge on any atom is 2.00 e. The molecule has 2 rings (SSSR count). The Kier molecular flexibility index (Phi) is 25.1. The SMILES string of the molecule is [C-]#[O+].[C-]#[O+].[Fe+2].[S-]c1ccccc1.c1cc[cH-]c1. The predicted molar refractivity (Wildman–Crippen MR) is 62.0 cm³/mol. The van der Waals surface area contributed by atoms with E-state index < -0.39 is 0 Å². The van der Waals surface area contributed by atoms with Crippen LogP contribution in [0.1, 0.15) is 0 Å². The van der Waals surface area contributed by atoms with Gasteiger partial charge in [-0.1, -0.05) is 30.3 Å². The second-order valence-corrected chi connectivity index (χ2v) is 2.75. The molecule has 0 aliphatic rings. The summed E-state index contributed by atoms with van der Waals surface area (Å²) in [5, 5.41) is 0. The maximum absolute atomic E-state index is 7.50. The monoisotopic (exact) mass is 286 g/mol. The molecule has 0 bridgehead atoms. The number of benzene rings is 1. The van der Waals surface area contributed by atoms with E-state index in [2.05, 4.69) is 13.3 Å². The summed E-state index contributed by atoms with van der Waals surface area (Å²) in [6, 6.07) is 19.6. The van der Waals surface area contributed by atoms with Gasteiger partial charge in [-0.15, -0.1) is 0 Å². The van der Waals surface area contributed by atoms with Crippen LogP contribution in [0.2, 0.25) is 0 Å². The van der Waals surface area contributed by atoms with Crippen LogP contribution in [0.15, 0.2) is 65.6 Å². The molecule has 88 valence electrons. The van der Waals surface area contributed by atoms with Gasteiger partial charge in [0.1, 0.15) is 0 Å². The predicted octanol–water partition coefficient (Wildman–Crippen LogP) is 2.92. The Morgan fingerprint density at radius 2 is 1.24 bits per heavy atom. The second kappa shape index (κ2) is 20.2. The molecule has 0 amide bonds. The molecule has 0 atom stereocenters. The summed E-state index contributed by atoms with van der Waals surface area (Å²) in [6.45, 7) is 9.00. The Balaban J connectivity index is -0.000000175. The first-order chi connectivity index (χ1) is 7.89. The number of hydrogen-bond acceptors (Lipinski definition) is 1. The fourth-order valence-corrected chi connectivity index (χ4v) is 0.898. The van der Waals surface area contributed by atoms with E-state index in [0.717, 1.165) is 4.90 Å². The van der Waals surface area contributed by atoms with Crippen LogP contribution < -0.4 is 0 Å². The van der Waals surface area contributed by atoms with Crippen molar-refractivity contribution < 1.29 is 26.4 Å². The van der Waals surface area contributed by atoms with Gasteiger partial charge in [0.15, 0.2) is 0 Å². The van der Waals surface area contributed by atoms with E-state index in [1.165, 1.54) is 0 Å². The zero-order chi connectivity index (χ0) is 12.6. The summed E-state index contributed by atoms with van der Waals surface area (Å²) in [6.07, 6.45) is 0. The summed E-state index contributed by atoms with van der Waals surface area (Å²) in [5.74, 6) is 0. The average molecular weight is 286 g/mol. The van der Waals surface area contributed by atoms with Gasteiger partial charge in [-0.05, 0) is 0 Å². The molecule has 0 N–H and O–H groups in total. The summed E-state index contributed by atoms with van der Waals surface area (Å²) in [4.78, 5) is 0.905. The van der Waals surface area contributed by atoms with Crippen LogP contribution in [0, 0.1) is 13.3 Å². The van der Waals surface area contributed by atoms with E-state index in [1.54, 1.807) is 0 Å². The van der Waals surface area contributed by atoms with E-state index >= 15 is 0 Å². The van der Waals surface area contributed by atoms with Crippen LogP contribution in [-0.2, 0) is 39.0 Å². The van der Waals surface area contributed by atoms with Crippen molar-refractivity contribution in [1.82, 2.24) is 0 Å². The van der Waals surface area contributed by atoms with Crippen LogP contribution in [-0.4, -0.2) is 0 Å². The summed E-state index contributed by atoms with van der Waals surface area (Å²) < 4.78 is 15.0. The third-order valence-electron chi connectivity index (χ3n) is 1.30. The van der Waals surface area contributed by atoms with E-state index in [9.17, 15) is 0 Å². The van der Waals surface area contributed by atoms with Crippen LogP contribution in [0.5, 0.6) is 0 Å². The van der Waals surface area contributed by atoms with Crippen molar-refractivity contribution in [2.24, 2.45) is 0 Å². The van der Waals surface area contributed by atoms with Gasteiger partial charge in [0.2, 0.25) is 0 Å². The van der Waals surface area contributed by atoms with Crippen LogP contribution in [0.25, 0.3) is 0 Å². The fourth-order valence-electron chi connectivity index (χ4n) is 0.741. The number of rotatable bonds is 0. The quantitative estimate of drug-likeness (QED) is 0.318. The minimum atomic E-state index is 0. The fraction of sp³-hybridized carbons (Fsp3) is 0. The Hall–Kier alpha value is -1.21. The molecule has 4 heteroatoms. The van der Waals surface area contributed by atoms with E-state index in [0.29, 0.717) is 0 Å². The van der Waals surface area contributed by atoms with Gasteiger partial charge < -0.3 is 12.6 Å². The first-order valence-corrected chi connectivity index (χ1v) is 4.60. The zero-order valence-electron chi connectivity index (χ0n) is 8.85. The van der Waals surface area contributed by atoms with Crippen LogP contribution in [0.4, 0.5) is 0 Å². The van der Waals surface area contributed by atoms with Crippen molar-refractivity contribution in [3.05, 3.63) is 74.0 Å². The Morgan fingerprint density at radius 1 is 0.824 bits per heavy atom. The van der Waals surface area contributed by atoms with Gasteiger partial charge in [0.05, 0.1) is 0 Å². The Bertz CT molecular complexity index is 331. The van der Waals surface area contributed by atoms with Crippen molar-refractivity contribution in [3.8, 4) is 0 Å². The van der Waals surface area contributed by atoms with Gasteiger partial charge in [0.25, 0.3) is 0 Å². The van der Waals surface area contributed by atoms with E-state index in [4.69, 9.17) is 21.9 Å². The van der Waals surface area contributed by atoms with Crippen molar-refractivity contribution in [3.63, 3.8) is 0 Å². The molecule has 0 fully saturated rings. The maximum atomic E-state index is 7.50. The molecule has 0 radical (unpaired) electrons. The molecule has 0 unspecified atom stereocenters. The first-order valence-electron chi connectivity index (χ1n) is 4.19. The molecule has 0 saturated heterocycles. The number of hydrogen-bond donors (Lipinski definition) is 0. The Labute approximate surface area is 118 Å². The van der Waals surface area contributed by atoms with Gasteiger partial charge in [-0.25, -0.2) is 12.1 Å². The Morgan fingerprint density at radius 3 is 1.41 bits per heavy atom. The first kappa shape index (κ1) is 21.1. The summed E-state index contributed by atoms with van der Waals surface area (Å²) in [5.41, 5.74) is 0. The van der Waals surface area contributed by atoms with Crippen molar-refractivity contribution in [2.45, 2.75) is 4.90 Å². The van der Waals surface area contributed by atoms with Crippen molar-refractivity contribution >= 4 is 12.6 Å². The van der Waals surface area contributed by atoms with Crippen molar-refractivity contribution in [1.29, 1.82) is 0 Å². The molecule has 0 aliphatic heterocycles. The molecular formula is C13H10FeO2S.